The fraction of sp³-hybridized carbons (Fsp3) is 0.562. The Hall–Kier alpha value is -1.51. The summed E-state index contributed by atoms with van der Waals surface area (Å²) in [6.45, 7) is 3.01. The Balaban J connectivity index is 1.79. The predicted octanol–water partition coefficient (Wildman–Crippen LogP) is 0.912. The molecule has 132 valence electrons. The number of carbonyl (C=O) groups is 1. The molecule has 3 rings (SSSR count). The molecular formula is C16H21FN2O4S. The molecule has 2 saturated heterocycles. The zero-order valence-electron chi connectivity index (χ0n) is 13.7. The molecule has 0 amide bonds. The molecule has 0 aliphatic carbocycles. The van der Waals surface area contributed by atoms with Crippen molar-refractivity contribution in [1.82, 2.24) is 9.21 Å². The molecule has 2 atom stereocenters. The molecule has 6 nitrogen and oxygen atoms in total. The minimum Gasteiger partial charge on any atom is -0.481 e. The van der Waals surface area contributed by atoms with Crippen LogP contribution in [0.15, 0.2) is 18.2 Å². The zero-order valence-corrected chi connectivity index (χ0v) is 14.5. The number of carboxylic acid groups (broad SMARTS) is 1. The molecule has 0 aromatic heterocycles. The van der Waals surface area contributed by atoms with Crippen LogP contribution in [0.5, 0.6) is 0 Å². The molecule has 0 spiro atoms. The number of hydrogen-bond acceptors (Lipinski definition) is 4. The van der Waals surface area contributed by atoms with E-state index in [4.69, 9.17) is 0 Å². The molecule has 2 aliphatic heterocycles. The van der Waals surface area contributed by atoms with E-state index in [0.717, 1.165) is 11.8 Å². The molecule has 8 heteroatoms. The summed E-state index contributed by atoms with van der Waals surface area (Å²) in [5.41, 5.74) is 0.256. The normalized spacial score (nSPS) is 28.2. The van der Waals surface area contributed by atoms with Crippen molar-refractivity contribution in [1.29, 1.82) is 0 Å². The molecule has 2 heterocycles. The quantitative estimate of drug-likeness (QED) is 0.868. The van der Waals surface area contributed by atoms with E-state index in [1.165, 1.54) is 10.4 Å². The first kappa shape index (κ1) is 17.3. The first-order valence-corrected chi connectivity index (χ1v) is 9.62. The van der Waals surface area contributed by atoms with Gasteiger partial charge < -0.3 is 5.11 Å². The highest BCUT2D eigenvalue weighted by Gasteiger charge is 2.59. The van der Waals surface area contributed by atoms with Crippen molar-refractivity contribution in [3.05, 3.63) is 35.1 Å². The van der Waals surface area contributed by atoms with Crippen LogP contribution in [0, 0.1) is 24.1 Å². The second-order valence-corrected chi connectivity index (χ2v) is 8.96. The predicted molar refractivity (Wildman–Crippen MR) is 86.4 cm³/mol. The van der Waals surface area contributed by atoms with Gasteiger partial charge in [0.2, 0.25) is 10.0 Å². The summed E-state index contributed by atoms with van der Waals surface area (Å²) in [4.78, 5) is 13.8. The Labute approximate surface area is 140 Å². The minimum absolute atomic E-state index is 0.0152. The smallest absolute Gasteiger partial charge is 0.312 e. The number of sulfonamides is 1. The first-order valence-electron chi connectivity index (χ1n) is 7.78. The van der Waals surface area contributed by atoms with Gasteiger partial charge in [-0.05, 0) is 18.6 Å². The largest absolute Gasteiger partial charge is 0.481 e. The number of benzene rings is 1. The van der Waals surface area contributed by atoms with Crippen LogP contribution in [0.25, 0.3) is 0 Å². The third kappa shape index (κ3) is 2.94. The van der Waals surface area contributed by atoms with Crippen molar-refractivity contribution in [3.8, 4) is 0 Å². The van der Waals surface area contributed by atoms with E-state index in [0.29, 0.717) is 18.7 Å². The number of aryl methyl sites for hydroxylation is 1. The van der Waals surface area contributed by atoms with E-state index >= 15 is 0 Å². The summed E-state index contributed by atoms with van der Waals surface area (Å²) >= 11 is 0. The molecule has 0 saturated carbocycles. The molecule has 0 bridgehead atoms. The summed E-state index contributed by atoms with van der Waals surface area (Å²) in [5.74, 6) is -1.56. The van der Waals surface area contributed by atoms with Crippen LogP contribution < -0.4 is 0 Å². The van der Waals surface area contributed by atoms with Crippen molar-refractivity contribution in [2.75, 3.05) is 32.4 Å². The maximum absolute atomic E-state index is 14.0. The minimum atomic E-state index is -3.41. The lowest BCUT2D eigenvalue weighted by atomic mass is 9.81. The molecule has 1 N–H and O–H groups in total. The maximum atomic E-state index is 14.0. The van der Waals surface area contributed by atoms with Gasteiger partial charge >= 0.3 is 5.97 Å². The highest BCUT2D eigenvalue weighted by Crippen LogP contribution is 2.44. The Morgan fingerprint density at radius 1 is 1.38 bits per heavy atom. The molecule has 0 radical (unpaired) electrons. The van der Waals surface area contributed by atoms with E-state index in [9.17, 15) is 22.7 Å². The number of fused-ring (bicyclic) bond motifs is 1. The second kappa shape index (κ2) is 5.79. The van der Waals surface area contributed by atoms with Crippen molar-refractivity contribution >= 4 is 16.0 Å². The van der Waals surface area contributed by atoms with E-state index in [1.807, 2.05) is 17.9 Å². The topological polar surface area (TPSA) is 77.9 Å². The molecule has 1 aromatic rings. The van der Waals surface area contributed by atoms with E-state index in [-0.39, 0.29) is 31.4 Å². The van der Waals surface area contributed by atoms with Crippen LogP contribution in [0.4, 0.5) is 4.39 Å². The lowest BCUT2D eigenvalue weighted by molar-refractivity contribution is -0.148. The van der Waals surface area contributed by atoms with Gasteiger partial charge in [-0.15, -0.1) is 0 Å². The van der Waals surface area contributed by atoms with Crippen LogP contribution in [0.2, 0.25) is 0 Å². The summed E-state index contributed by atoms with van der Waals surface area (Å²) in [5, 5.41) is 9.71. The fourth-order valence-electron chi connectivity index (χ4n) is 3.82. The molecule has 24 heavy (non-hydrogen) atoms. The standard InChI is InChI=1S/C16H21FN2O4S/c1-11-3-4-12(14(17)5-11)6-18-7-13-8-19(24(2,22)23)10-16(13,9-18)15(20)21/h3-5,13H,6-10H2,1-2H3,(H,20,21)/t13-,16-/m1/s1. The van der Waals surface area contributed by atoms with Crippen LogP contribution in [0.3, 0.4) is 0 Å². The number of likely N-dealkylation sites (tertiary alicyclic amines) is 1. The number of carboxylic acids is 1. The maximum Gasteiger partial charge on any atom is 0.312 e. The Morgan fingerprint density at radius 2 is 2.08 bits per heavy atom. The average molecular weight is 356 g/mol. The van der Waals surface area contributed by atoms with Gasteiger partial charge in [0.25, 0.3) is 0 Å². The third-order valence-electron chi connectivity index (χ3n) is 5.15. The van der Waals surface area contributed by atoms with E-state index in [2.05, 4.69) is 0 Å². The number of rotatable bonds is 4. The molecular weight excluding hydrogens is 335 g/mol. The molecule has 2 aliphatic rings. The van der Waals surface area contributed by atoms with Crippen molar-refractivity contribution in [2.45, 2.75) is 13.5 Å². The molecule has 0 unspecified atom stereocenters. The van der Waals surface area contributed by atoms with Gasteiger partial charge in [0.1, 0.15) is 5.82 Å². The molecule has 2 fully saturated rings. The van der Waals surface area contributed by atoms with Gasteiger partial charge in [0.15, 0.2) is 0 Å². The number of aliphatic carboxylic acids is 1. The average Bonchev–Trinajstić information content (AvgIpc) is 2.96. The van der Waals surface area contributed by atoms with Crippen LogP contribution in [-0.4, -0.2) is 61.1 Å². The van der Waals surface area contributed by atoms with Crippen LogP contribution in [-0.2, 0) is 21.4 Å². The Kier molecular flexibility index (Phi) is 4.17. The van der Waals surface area contributed by atoms with Crippen LogP contribution >= 0.6 is 0 Å². The van der Waals surface area contributed by atoms with Gasteiger partial charge in [0.05, 0.1) is 11.7 Å². The number of halogens is 1. The van der Waals surface area contributed by atoms with Crippen molar-refractivity contribution < 1.29 is 22.7 Å². The summed E-state index contributed by atoms with van der Waals surface area (Å²) in [7, 11) is -3.41. The monoisotopic (exact) mass is 356 g/mol. The third-order valence-corrected chi connectivity index (χ3v) is 6.36. The van der Waals surface area contributed by atoms with E-state index in [1.54, 1.807) is 6.07 Å². The summed E-state index contributed by atoms with van der Waals surface area (Å²) < 4.78 is 38.8. The van der Waals surface area contributed by atoms with Gasteiger partial charge in [-0.25, -0.2) is 17.1 Å². The molecule has 1 aromatic carbocycles. The summed E-state index contributed by atoms with van der Waals surface area (Å²) in [6.07, 6.45) is 1.10. The zero-order chi connectivity index (χ0) is 17.7. The van der Waals surface area contributed by atoms with E-state index < -0.39 is 21.4 Å². The fourth-order valence-corrected chi connectivity index (χ4v) is 4.74. The number of nitrogens with zero attached hydrogens (tertiary/aromatic N) is 2. The van der Waals surface area contributed by atoms with Gasteiger partial charge in [0, 0.05) is 44.2 Å². The Morgan fingerprint density at radius 3 is 2.62 bits per heavy atom. The summed E-state index contributed by atoms with van der Waals surface area (Å²) in [6, 6.07) is 5.01. The highest BCUT2D eigenvalue weighted by atomic mass is 32.2. The van der Waals surface area contributed by atoms with Gasteiger partial charge in [-0.2, -0.15) is 0 Å². The SMILES string of the molecule is Cc1ccc(CN2C[C@@H]3CN(S(C)(=O)=O)C[C@]3(C(=O)O)C2)c(F)c1. The van der Waals surface area contributed by atoms with Crippen molar-refractivity contribution in [2.24, 2.45) is 11.3 Å². The highest BCUT2D eigenvalue weighted by molar-refractivity contribution is 7.88. The number of hydrogen-bond donors (Lipinski definition) is 1. The lowest BCUT2D eigenvalue weighted by Crippen LogP contribution is -2.41. The van der Waals surface area contributed by atoms with Crippen molar-refractivity contribution in [3.63, 3.8) is 0 Å². The lowest BCUT2D eigenvalue weighted by Gasteiger charge is -2.24. The van der Waals surface area contributed by atoms with Gasteiger partial charge in [-0.3, -0.25) is 9.69 Å². The van der Waals surface area contributed by atoms with Crippen LogP contribution in [0.1, 0.15) is 11.1 Å². The second-order valence-electron chi connectivity index (χ2n) is 6.98. The van der Waals surface area contributed by atoms with Gasteiger partial charge in [-0.1, -0.05) is 12.1 Å². The Bertz CT molecular complexity index is 782. The first-order chi connectivity index (χ1) is 11.1.